The second-order valence-electron chi connectivity index (χ2n) is 6.53. The smallest absolute Gasteiger partial charge is 0.227 e. The number of rotatable bonds is 4. The molecule has 1 amide bonds. The lowest BCUT2D eigenvalue weighted by Gasteiger charge is -2.32. The van der Waals surface area contributed by atoms with Gasteiger partial charge >= 0.3 is 0 Å². The SMILES string of the molecule is Cc1ccc(CC(=O)N2CCCC(C(=O)c3ccc(F)cc3)C2)cn1. The van der Waals surface area contributed by atoms with Gasteiger partial charge in [0.2, 0.25) is 5.91 Å². The molecule has 2 aromatic rings. The lowest BCUT2D eigenvalue weighted by molar-refractivity contribution is -0.131. The first-order valence-corrected chi connectivity index (χ1v) is 8.52. The highest BCUT2D eigenvalue weighted by Gasteiger charge is 2.29. The van der Waals surface area contributed by atoms with Crippen molar-refractivity contribution in [1.29, 1.82) is 0 Å². The number of Topliss-reactive ketones (excluding diaryl/α,β-unsaturated/α-hetero) is 1. The summed E-state index contributed by atoms with van der Waals surface area (Å²) >= 11 is 0. The zero-order valence-corrected chi connectivity index (χ0v) is 14.2. The molecule has 1 aromatic heterocycles. The maximum absolute atomic E-state index is 13.0. The van der Waals surface area contributed by atoms with E-state index in [1.54, 1.807) is 11.1 Å². The van der Waals surface area contributed by atoms with Crippen LogP contribution >= 0.6 is 0 Å². The van der Waals surface area contributed by atoms with Gasteiger partial charge in [0.05, 0.1) is 6.42 Å². The fourth-order valence-electron chi connectivity index (χ4n) is 3.16. The predicted octanol–water partition coefficient (Wildman–Crippen LogP) is 3.19. The molecule has 0 N–H and O–H groups in total. The van der Waals surface area contributed by atoms with Gasteiger partial charge in [-0.3, -0.25) is 14.6 Å². The molecule has 0 radical (unpaired) electrons. The molecule has 1 fully saturated rings. The van der Waals surface area contributed by atoms with Gasteiger partial charge in [0.1, 0.15) is 5.82 Å². The first-order valence-electron chi connectivity index (χ1n) is 8.52. The predicted molar refractivity (Wildman–Crippen MR) is 92.7 cm³/mol. The van der Waals surface area contributed by atoms with Crippen molar-refractivity contribution in [3.63, 3.8) is 0 Å². The lowest BCUT2D eigenvalue weighted by atomic mass is 9.89. The highest BCUT2D eigenvalue weighted by atomic mass is 19.1. The molecule has 0 bridgehead atoms. The van der Waals surface area contributed by atoms with E-state index in [4.69, 9.17) is 0 Å². The lowest BCUT2D eigenvalue weighted by Crippen LogP contribution is -2.43. The third-order valence-electron chi connectivity index (χ3n) is 4.60. The van der Waals surface area contributed by atoms with Gasteiger partial charge in [0.25, 0.3) is 0 Å². The Kier molecular flexibility index (Phi) is 5.22. The average Bonchev–Trinajstić information content (AvgIpc) is 2.64. The Balaban J connectivity index is 1.63. The third-order valence-corrected chi connectivity index (χ3v) is 4.60. The number of amides is 1. The summed E-state index contributed by atoms with van der Waals surface area (Å²) in [6.07, 6.45) is 3.57. The van der Waals surface area contributed by atoms with Gasteiger partial charge in [-0.2, -0.15) is 0 Å². The Hall–Kier alpha value is -2.56. The highest BCUT2D eigenvalue weighted by molar-refractivity contribution is 5.98. The third kappa shape index (κ3) is 4.29. The number of hydrogen-bond acceptors (Lipinski definition) is 3. The summed E-state index contributed by atoms with van der Waals surface area (Å²) in [5.41, 5.74) is 2.30. The van der Waals surface area contributed by atoms with Crippen molar-refractivity contribution >= 4 is 11.7 Å². The number of carbonyl (C=O) groups is 2. The number of halogens is 1. The van der Waals surface area contributed by atoms with E-state index in [9.17, 15) is 14.0 Å². The Bertz CT molecular complexity index is 756. The zero-order chi connectivity index (χ0) is 17.8. The van der Waals surface area contributed by atoms with Crippen molar-refractivity contribution in [1.82, 2.24) is 9.88 Å². The quantitative estimate of drug-likeness (QED) is 0.803. The Labute approximate surface area is 146 Å². The first-order chi connectivity index (χ1) is 12.0. The number of likely N-dealkylation sites (tertiary alicyclic amines) is 1. The van der Waals surface area contributed by atoms with Crippen LogP contribution in [0.2, 0.25) is 0 Å². The molecule has 1 aromatic carbocycles. The molecule has 0 saturated carbocycles. The van der Waals surface area contributed by atoms with Gasteiger partial charge in [-0.1, -0.05) is 6.07 Å². The molecule has 2 heterocycles. The van der Waals surface area contributed by atoms with Crippen molar-refractivity contribution < 1.29 is 14.0 Å². The summed E-state index contributed by atoms with van der Waals surface area (Å²) in [6, 6.07) is 9.41. The molecule has 3 rings (SSSR count). The molecule has 5 heteroatoms. The van der Waals surface area contributed by atoms with E-state index in [1.165, 1.54) is 24.3 Å². The van der Waals surface area contributed by atoms with E-state index in [0.29, 0.717) is 25.1 Å². The van der Waals surface area contributed by atoms with Crippen LogP contribution in [0.5, 0.6) is 0 Å². The zero-order valence-electron chi connectivity index (χ0n) is 14.2. The number of aryl methyl sites for hydroxylation is 1. The van der Waals surface area contributed by atoms with Gasteiger partial charge in [0, 0.05) is 36.5 Å². The molecule has 0 spiro atoms. The average molecular weight is 340 g/mol. The molecule has 25 heavy (non-hydrogen) atoms. The minimum atomic E-state index is -0.358. The van der Waals surface area contributed by atoms with E-state index in [1.807, 2.05) is 19.1 Å². The highest BCUT2D eigenvalue weighted by Crippen LogP contribution is 2.22. The number of pyridine rings is 1. The molecule has 130 valence electrons. The molecule has 1 aliphatic heterocycles. The van der Waals surface area contributed by atoms with E-state index in [0.717, 1.165) is 24.1 Å². The second kappa shape index (κ2) is 7.55. The number of aromatic nitrogens is 1. The van der Waals surface area contributed by atoms with Gasteiger partial charge in [-0.25, -0.2) is 4.39 Å². The molecule has 4 nitrogen and oxygen atoms in total. The Morgan fingerprint density at radius 3 is 2.64 bits per heavy atom. The normalized spacial score (nSPS) is 17.4. The van der Waals surface area contributed by atoms with Crippen molar-refractivity contribution in [3.8, 4) is 0 Å². The van der Waals surface area contributed by atoms with E-state index >= 15 is 0 Å². The first kappa shape index (κ1) is 17.3. The van der Waals surface area contributed by atoms with Gasteiger partial charge in [-0.05, 0) is 55.7 Å². The van der Waals surface area contributed by atoms with Crippen molar-refractivity contribution in [2.75, 3.05) is 13.1 Å². The molecule has 1 atom stereocenters. The van der Waals surface area contributed by atoms with Crippen LogP contribution in [0.15, 0.2) is 42.6 Å². The summed E-state index contributed by atoms with van der Waals surface area (Å²) in [4.78, 5) is 31.1. The van der Waals surface area contributed by atoms with Crippen molar-refractivity contribution in [2.24, 2.45) is 5.92 Å². The fraction of sp³-hybridized carbons (Fsp3) is 0.350. The van der Waals surface area contributed by atoms with Crippen LogP contribution in [0, 0.1) is 18.7 Å². The molecule has 1 saturated heterocycles. The number of benzene rings is 1. The van der Waals surface area contributed by atoms with Crippen LogP contribution in [0.4, 0.5) is 4.39 Å². The van der Waals surface area contributed by atoms with E-state index in [2.05, 4.69) is 4.98 Å². The number of hydrogen-bond donors (Lipinski definition) is 0. The fourth-order valence-corrected chi connectivity index (χ4v) is 3.16. The van der Waals surface area contributed by atoms with Crippen LogP contribution in [-0.4, -0.2) is 34.7 Å². The van der Waals surface area contributed by atoms with Crippen LogP contribution in [0.1, 0.15) is 34.5 Å². The minimum absolute atomic E-state index is 0.0160. The number of piperidine rings is 1. The maximum Gasteiger partial charge on any atom is 0.227 e. The van der Waals surface area contributed by atoms with Crippen LogP contribution in [0.25, 0.3) is 0 Å². The van der Waals surface area contributed by atoms with Crippen molar-refractivity contribution in [3.05, 3.63) is 65.2 Å². The topological polar surface area (TPSA) is 50.3 Å². The molecular formula is C20H21FN2O2. The van der Waals surface area contributed by atoms with Crippen LogP contribution < -0.4 is 0 Å². The number of nitrogens with zero attached hydrogens (tertiary/aromatic N) is 2. The monoisotopic (exact) mass is 340 g/mol. The van der Waals surface area contributed by atoms with Crippen LogP contribution in [0.3, 0.4) is 0 Å². The Morgan fingerprint density at radius 1 is 1.20 bits per heavy atom. The van der Waals surface area contributed by atoms with Crippen molar-refractivity contribution in [2.45, 2.75) is 26.2 Å². The second-order valence-corrected chi connectivity index (χ2v) is 6.53. The van der Waals surface area contributed by atoms with Crippen LogP contribution in [-0.2, 0) is 11.2 Å². The number of carbonyl (C=O) groups excluding carboxylic acids is 2. The van der Waals surface area contributed by atoms with Gasteiger partial charge in [-0.15, -0.1) is 0 Å². The Morgan fingerprint density at radius 2 is 1.96 bits per heavy atom. The maximum atomic E-state index is 13.0. The summed E-state index contributed by atoms with van der Waals surface area (Å²) in [5, 5.41) is 0. The molecular weight excluding hydrogens is 319 g/mol. The van der Waals surface area contributed by atoms with E-state index in [-0.39, 0.29) is 23.4 Å². The summed E-state index contributed by atoms with van der Waals surface area (Å²) in [5.74, 6) is -0.584. The molecule has 1 unspecified atom stereocenters. The standard InChI is InChI=1S/C20H21FN2O2/c1-14-4-5-15(12-22-14)11-19(24)23-10-2-3-17(13-23)20(25)16-6-8-18(21)9-7-16/h4-9,12,17H,2-3,10-11,13H2,1H3. The van der Waals surface area contributed by atoms with E-state index < -0.39 is 0 Å². The van der Waals surface area contributed by atoms with Gasteiger partial charge in [0.15, 0.2) is 5.78 Å². The summed E-state index contributed by atoms with van der Waals surface area (Å²) in [6.45, 7) is 3.00. The molecule has 1 aliphatic rings. The minimum Gasteiger partial charge on any atom is -0.342 e. The largest absolute Gasteiger partial charge is 0.342 e. The molecule has 0 aliphatic carbocycles. The van der Waals surface area contributed by atoms with Gasteiger partial charge < -0.3 is 4.90 Å². The summed E-state index contributed by atoms with van der Waals surface area (Å²) < 4.78 is 13.0. The number of ketones is 1. The summed E-state index contributed by atoms with van der Waals surface area (Å²) in [7, 11) is 0.